The van der Waals surface area contributed by atoms with Crippen molar-refractivity contribution in [2.45, 2.75) is 92.8 Å². The standard InChI is InChI=1S/C22H51N4P/c1-19(2,3)16-21(7,8)23-18-26(15)27(24(11)12,25(13)14)22(9,10)17-20(4,5)6/h18,27H,16-17H2,1-15H3. The van der Waals surface area contributed by atoms with Gasteiger partial charge in [0.05, 0.1) is 0 Å². The van der Waals surface area contributed by atoms with Gasteiger partial charge >= 0.3 is 172 Å². The van der Waals surface area contributed by atoms with E-state index < -0.39 is 7.71 Å². The summed E-state index contributed by atoms with van der Waals surface area (Å²) in [5.41, 5.74) is 0.471. The molecular weight excluding hydrogens is 351 g/mol. The van der Waals surface area contributed by atoms with Crippen LogP contribution >= 0.6 is 7.71 Å². The normalized spacial score (nSPS) is 15.9. The first-order valence-corrected chi connectivity index (χ1v) is 12.2. The summed E-state index contributed by atoms with van der Waals surface area (Å²) < 4.78 is 7.40. The second-order valence-corrected chi connectivity index (χ2v) is 17.6. The summed E-state index contributed by atoms with van der Waals surface area (Å²) in [5, 5.41) is 0.146. The first-order valence-electron chi connectivity index (χ1n) is 10.3. The van der Waals surface area contributed by atoms with Gasteiger partial charge in [-0.25, -0.2) is 0 Å². The molecule has 0 aromatic carbocycles. The zero-order valence-electron chi connectivity index (χ0n) is 21.3. The fourth-order valence-corrected chi connectivity index (χ4v) is 12.3. The number of rotatable bonds is 8. The van der Waals surface area contributed by atoms with Gasteiger partial charge in [0.1, 0.15) is 0 Å². The second kappa shape index (κ2) is 8.67. The number of nitrogens with zero attached hydrogens (tertiary/aromatic N) is 4. The molecule has 0 rings (SSSR count). The van der Waals surface area contributed by atoms with E-state index in [0.717, 1.165) is 12.8 Å². The Morgan fingerprint density at radius 1 is 0.667 bits per heavy atom. The molecule has 0 aliphatic rings. The molecule has 0 aliphatic carbocycles. The van der Waals surface area contributed by atoms with Crippen LogP contribution in [0, 0.1) is 10.8 Å². The Kier molecular flexibility index (Phi) is 8.62. The Labute approximate surface area is 172 Å². The molecule has 0 heterocycles. The van der Waals surface area contributed by atoms with Gasteiger partial charge in [0.25, 0.3) is 0 Å². The Balaban J connectivity index is 6.08. The summed E-state index contributed by atoms with van der Waals surface area (Å²) in [6.07, 6.45) is 4.35. The van der Waals surface area contributed by atoms with E-state index in [9.17, 15) is 0 Å². The zero-order valence-corrected chi connectivity index (χ0v) is 22.3. The molecule has 0 amide bonds. The van der Waals surface area contributed by atoms with E-state index in [0.29, 0.717) is 0 Å². The minimum absolute atomic E-state index is 0.0700. The van der Waals surface area contributed by atoms with Gasteiger partial charge < -0.3 is 0 Å². The van der Waals surface area contributed by atoms with Gasteiger partial charge in [-0.05, 0) is 0 Å². The molecule has 0 radical (unpaired) electrons. The Hall–Kier alpha value is -0.180. The van der Waals surface area contributed by atoms with Crippen molar-refractivity contribution in [3.05, 3.63) is 0 Å². The third-order valence-corrected chi connectivity index (χ3v) is 10.7. The summed E-state index contributed by atoms with van der Waals surface area (Å²) >= 11 is 0. The number of hydrogen-bond donors (Lipinski definition) is 0. The van der Waals surface area contributed by atoms with Gasteiger partial charge in [-0.15, -0.1) is 0 Å². The molecule has 4 nitrogen and oxygen atoms in total. The average Bonchev–Trinajstić information content (AvgIpc) is 2.29. The van der Waals surface area contributed by atoms with Crippen LogP contribution in [0.25, 0.3) is 0 Å². The molecule has 0 N–H and O–H groups in total. The molecule has 0 bridgehead atoms. The Morgan fingerprint density at radius 2 is 1.04 bits per heavy atom. The van der Waals surface area contributed by atoms with Crippen LogP contribution in [0.3, 0.4) is 0 Å². The second-order valence-electron chi connectivity index (χ2n) is 12.5. The molecule has 5 heteroatoms. The summed E-state index contributed by atoms with van der Waals surface area (Å²) in [4.78, 5) is 5.06. The molecule has 0 aromatic rings. The van der Waals surface area contributed by atoms with Gasteiger partial charge in [-0.2, -0.15) is 0 Å². The number of hydrogen-bond acceptors (Lipinski definition) is 3. The molecule has 0 unspecified atom stereocenters. The van der Waals surface area contributed by atoms with Crippen molar-refractivity contribution in [1.82, 2.24) is 14.0 Å². The van der Waals surface area contributed by atoms with E-state index in [4.69, 9.17) is 4.99 Å². The molecule has 27 heavy (non-hydrogen) atoms. The van der Waals surface area contributed by atoms with E-state index in [1.54, 1.807) is 0 Å². The zero-order chi connectivity index (χ0) is 22.1. The van der Waals surface area contributed by atoms with Crippen LogP contribution < -0.4 is 0 Å². The van der Waals surface area contributed by atoms with Crippen molar-refractivity contribution in [3.8, 4) is 0 Å². The molecule has 0 spiro atoms. The van der Waals surface area contributed by atoms with Crippen LogP contribution in [0.2, 0.25) is 0 Å². The molecular formula is C22H51N4P. The van der Waals surface area contributed by atoms with Crippen LogP contribution in [0.15, 0.2) is 4.99 Å². The van der Waals surface area contributed by atoms with E-state index in [-0.39, 0.29) is 21.5 Å². The average molecular weight is 403 g/mol. The van der Waals surface area contributed by atoms with Gasteiger partial charge in [-0.3, -0.25) is 0 Å². The van der Waals surface area contributed by atoms with Gasteiger partial charge in [0, 0.05) is 0 Å². The predicted molar refractivity (Wildman–Crippen MR) is 128 cm³/mol. The van der Waals surface area contributed by atoms with E-state index >= 15 is 0 Å². The SMILES string of the molecule is CN(C)[PH](N(C)C)(N(C)C=NC(C)(C)CC(C)(C)C)C(C)(C)CC(C)(C)C. The summed E-state index contributed by atoms with van der Waals surface area (Å²) in [5.74, 6) is 0. The van der Waals surface area contributed by atoms with E-state index in [1.807, 2.05) is 0 Å². The molecule has 0 fully saturated rings. The molecule has 0 saturated carbocycles. The first-order chi connectivity index (χ1) is 11.7. The quantitative estimate of drug-likeness (QED) is 0.283. The van der Waals surface area contributed by atoms with Crippen LogP contribution in [-0.2, 0) is 0 Å². The van der Waals surface area contributed by atoms with Crippen molar-refractivity contribution in [1.29, 1.82) is 0 Å². The summed E-state index contributed by atoms with van der Waals surface area (Å²) in [6, 6.07) is 0. The van der Waals surface area contributed by atoms with Gasteiger partial charge in [0.2, 0.25) is 0 Å². The molecule has 0 saturated heterocycles. The van der Waals surface area contributed by atoms with Gasteiger partial charge in [-0.1, -0.05) is 0 Å². The monoisotopic (exact) mass is 402 g/mol. The van der Waals surface area contributed by atoms with Crippen molar-refractivity contribution in [2.75, 3.05) is 35.2 Å². The van der Waals surface area contributed by atoms with E-state index in [2.05, 4.69) is 125 Å². The van der Waals surface area contributed by atoms with Crippen LogP contribution in [0.5, 0.6) is 0 Å². The van der Waals surface area contributed by atoms with Crippen molar-refractivity contribution in [2.24, 2.45) is 15.8 Å². The molecule has 164 valence electrons. The molecule has 0 atom stereocenters. The molecule has 0 aliphatic heterocycles. The number of aliphatic imine (C=N–C) groups is 1. The fraction of sp³-hybridized carbons (Fsp3) is 0.955. The topological polar surface area (TPSA) is 22.1 Å². The predicted octanol–water partition coefficient (Wildman–Crippen LogP) is 5.99. The maximum absolute atomic E-state index is 5.06. The minimum atomic E-state index is -2.20. The summed E-state index contributed by atoms with van der Waals surface area (Å²) in [6.45, 7) is 23.3. The molecule has 0 aromatic heterocycles. The first kappa shape index (κ1) is 26.8. The van der Waals surface area contributed by atoms with Gasteiger partial charge in [0.15, 0.2) is 0 Å². The van der Waals surface area contributed by atoms with Crippen LogP contribution in [-0.4, -0.2) is 66.3 Å². The Morgan fingerprint density at radius 3 is 1.33 bits per heavy atom. The van der Waals surface area contributed by atoms with E-state index in [1.165, 1.54) is 0 Å². The van der Waals surface area contributed by atoms with Crippen LogP contribution in [0.4, 0.5) is 0 Å². The Bertz CT molecular complexity index is 485. The van der Waals surface area contributed by atoms with Crippen molar-refractivity contribution >= 4 is 14.1 Å². The third-order valence-electron chi connectivity index (χ3n) is 5.16. The fourth-order valence-electron chi connectivity index (χ4n) is 5.83. The maximum atomic E-state index is 5.06. The van der Waals surface area contributed by atoms with Crippen molar-refractivity contribution < 1.29 is 0 Å². The third kappa shape index (κ3) is 7.29. The van der Waals surface area contributed by atoms with Crippen molar-refractivity contribution in [3.63, 3.8) is 0 Å². The summed E-state index contributed by atoms with van der Waals surface area (Å²) in [7, 11) is 8.98. The van der Waals surface area contributed by atoms with Crippen LogP contribution in [0.1, 0.15) is 82.1 Å².